The quantitative estimate of drug-likeness (QED) is 0.351. The van der Waals surface area contributed by atoms with Crippen LogP contribution in [0.15, 0.2) is 65.0 Å². The highest BCUT2D eigenvalue weighted by Gasteiger charge is 2.49. The smallest absolute Gasteiger partial charge is 0.162 e. The van der Waals surface area contributed by atoms with Crippen LogP contribution in [0, 0.1) is 17.8 Å². The number of Topliss-reactive ketones (excluding diaryl/α,β-unsaturated/α-hetero) is 2. The van der Waals surface area contributed by atoms with Crippen molar-refractivity contribution >= 4 is 11.6 Å². The highest BCUT2D eigenvalue weighted by atomic mass is 16.5. The topological polar surface area (TPSA) is 65.1 Å². The van der Waals surface area contributed by atoms with Crippen LogP contribution in [-0.4, -0.2) is 43.8 Å². The lowest BCUT2D eigenvalue weighted by atomic mass is 9.63. The number of carbonyl (C=O) groups is 2. The van der Waals surface area contributed by atoms with Gasteiger partial charge in [-0.15, -0.1) is 0 Å². The number of hydrogen-bond acceptors (Lipinski definition) is 6. The molecule has 6 heteroatoms. The standard InChI is InChI=1S/C35H43NO5/c1-22-9-8-10-23(15-22)21-41-29-12-11-24(16-30(29)40-7)31-32-25(17-34(2,3)19-27(32)37)36(13-14-39-6)26-18-35(4,5)20-28(38)33(26)31/h8-12,15-16,31H,13-14,17-21H2,1-7H3. The molecule has 0 amide bonds. The molecule has 218 valence electrons. The lowest BCUT2D eigenvalue weighted by molar-refractivity contribution is -0.119. The van der Waals surface area contributed by atoms with Crippen LogP contribution in [0.4, 0.5) is 0 Å². The molecule has 1 aliphatic heterocycles. The predicted octanol–water partition coefficient (Wildman–Crippen LogP) is 6.91. The number of hydrogen-bond donors (Lipinski definition) is 0. The number of methoxy groups -OCH3 is 2. The highest BCUT2D eigenvalue weighted by Crippen LogP contribution is 2.54. The Balaban J connectivity index is 1.61. The summed E-state index contributed by atoms with van der Waals surface area (Å²) in [5, 5.41) is 0. The summed E-state index contributed by atoms with van der Waals surface area (Å²) in [5.41, 5.74) is 6.40. The molecule has 0 atom stereocenters. The van der Waals surface area contributed by atoms with E-state index in [2.05, 4.69) is 51.7 Å². The third-order valence-corrected chi connectivity index (χ3v) is 8.54. The van der Waals surface area contributed by atoms with Crippen molar-refractivity contribution < 1.29 is 23.8 Å². The molecule has 0 saturated heterocycles. The lowest BCUT2D eigenvalue weighted by Gasteiger charge is -2.49. The third kappa shape index (κ3) is 5.85. The molecule has 41 heavy (non-hydrogen) atoms. The van der Waals surface area contributed by atoms with Gasteiger partial charge in [0.05, 0.1) is 13.7 Å². The Labute approximate surface area is 244 Å². The Kier molecular flexibility index (Phi) is 7.90. The number of benzene rings is 2. The van der Waals surface area contributed by atoms with Gasteiger partial charge in [0, 0.05) is 55.0 Å². The molecule has 0 spiro atoms. The summed E-state index contributed by atoms with van der Waals surface area (Å²) in [5.74, 6) is 1.03. The van der Waals surface area contributed by atoms with E-state index in [0.29, 0.717) is 44.1 Å². The summed E-state index contributed by atoms with van der Waals surface area (Å²) < 4.78 is 17.5. The molecule has 1 heterocycles. The maximum Gasteiger partial charge on any atom is 0.162 e. The van der Waals surface area contributed by atoms with Gasteiger partial charge in [-0.05, 0) is 53.9 Å². The average molecular weight is 558 g/mol. The van der Waals surface area contributed by atoms with E-state index in [1.165, 1.54) is 5.56 Å². The second-order valence-electron chi connectivity index (χ2n) is 13.4. The van der Waals surface area contributed by atoms with Gasteiger partial charge in [-0.25, -0.2) is 0 Å². The summed E-state index contributed by atoms with van der Waals surface area (Å²) in [4.78, 5) is 30.2. The molecule has 0 saturated carbocycles. The number of ether oxygens (including phenoxy) is 3. The minimum Gasteiger partial charge on any atom is -0.493 e. The second-order valence-corrected chi connectivity index (χ2v) is 13.4. The van der Waals surface area contributed by atoms with Gasteiger partial charge in [-0.1, -0.05) is 63.6 Å². The van der Waals surface area contributed by atoms with Gasteiger partial charge in [0.1, 0.15) is 6.61 Å². The van der Waals surface area contributed by atoms with Gasteiger partial charge in [0.2, 0.25) is 0 Å². The summed E-state index contributed by atoms with van der Waals surface area (Å²) in [6.07, 6.45) is 2.46. The summed E-state index contributed by atoms with van der Waals surface area (Å²) in [6, 6.07) is 14.1. The lowest BCUT2D eigenvalue weighted by Crippen LogP contribution is -2.45. The van der Waals surface area contributed by atoms with E-state index in [1.807, 2.05) is 30.3 Å². The SMILES string of the molecule is COCCN1C2=C(C(=O)CC(C)(C)C2)C(c2ccc(OCc3cccc(C)c3)c(OC)c2)C2=C1CC(C)(C)CC2=O. The van der Waals surface area contributed by atoms with E-state index in [9.17, 15) is 9.59 Å². The molecule has 6 nitrogen and oxygen atoms in total. The zero-order valence-electron chi connectivity index (χ0n) is 25.6. The van der Waals surface area contributed by atoms with Crippen molar-refractivity contribution in [2.24, 2.45) is 10.8 Å². The Morgan fingerprint density at radius 3 is 2.02 bits per heavy atom. The Morgan fingerprint density at radius 1 is 0.829 bits per heavy atom. The minimum atomic E-state index is -0.425. The molecule has 5 rings (SSSR count). The van der Waals surface area contributed by atoms with Crippen LogP contribution >= 0.6 is 0 Å². The molecular formula is C35H43NO5. The third-order valence-electron chi connectivity index (χ3n) is 8.54. The van der Waals surface area contributed by atoms with Crippen molar-refractivity contribution in [3.63, 3.8) is 0 Å². The van der Waals surface area contributed by atoms with Crippen LogP contribution in [0.3, 0.4) is 0 Å². The molecule has 2 aliphatic carbocycles. The van der Waals surface area contributed by atoms with Crippen LogP contribution in [0.2, 0.25) is 0 Å². The van der Waals surface area contributed by atoms with Crippen molar-refractivity contribution in [1.29, 1.82) is 0 Å². The maximum absolute atomic E-state index is 14.0. The molecule has 3 aliphatic rings. The number of nitrogens with zero attached hydrogens (tertiary/aromatic N) is 1. The summed E-state index contributed by atoms with van der Waals surface area (Å²) >= 11 is 0. The molecule has 2 aromatic carbocycles. The number of ketones is 2. The second kappa shape index (κ2) is 11.1. The zero-order chi connectivity index (χ0) is 29.5. The Bertz CT molecular complexity index is 1380. The van der Waals surface area contributed by atoms with Crippen LogP contribution in [0.5, 0.6) is 11.5 Å². The molecule has 0 unspecified atom stereocenters. The molecule has 2 aromatic rings. The van der Waals surface area contributed by atoms with Gasteiger partial charge < -0.3 is 19.1 Å². The molecule has 0 fully saturated rings. The molecule has 0 radical (unpaired) electrons. The largest absolute Gasteiger partial charge is 0.493 e. The number of aryl methyl sites for hydroxylation is 1. The normalized spacial score (nSPS) is 20.2. The molecule has 0 bridgehead atoms. The monoisotopic (exact) mass is 557 g/mol. The van der Waals surface area contributed by atoms with E-state index in [1.54, 1.807) is 14.2 Å². The van der Waals surface area contributed by atoms with Gasteiger partial charge in [0.15, 0.2) is 23.1 Å². The fourth-order valence-corrected chi connectivity index (χ4v) is 6.78. The van der Waals surface area contributed by atoms with Crippen molar-refractivity contribution in [3.05, 3.63) is 81.7 Å². The van der Waals surface area contributed by atoms with Crippen LogP contribution < -0.4 is 9.47 Å². The molecular weight excluding hydrogens is 514 g/mol. The Morgan fingerprint density at radius 2 is 1.46 bits per heavy atom. The van der Waals surface area contributed by atoms with Gasteiger partial charge in [0.25, 0.3) is 0 Å². The van der Waals surface area contributed by atoms with Gasteiger partial charge in [-0.2, -0.15) is 0 Å². The van der Waals surface area contributed by atoms with E-state index in [0.717, 1.165) is 46.5 Å². The van der Waals surface area contributed by atoms with Crippen LogP contribution in [0.25, 0.3) is 0 Å². The first-order valence-electron chi connectivity index (χ1n) is 14.6. The predicted molar refractivity (Wildman–Crippen MR) is 160 cm³/mol. The number of carbonyl (C=O) groups excluding carboxylic acids is 2. The fourth-order valence-electron chi connectivity index (χ4n) is 6.78. The average Bonchev–Trinajstić information content (AvgIpc) is 2.89. The van der Waals surface area contributed by atoms with Gasteiger partial charge >= 0.3 is 0 Å². The minimum absolute atomic E-state index is 0.117. The van der Waals surface area contributed by atoms with E-state index in [4.69, 9.17) is 14.2 Å². The zero-order valence-corrected chi connectivity index (χ0v) is 25.6. The van der Waals surface area contributed by atoms with Crippen molar-refractivity contribution in [1.82, 2.24) is 4.90 Å². The van der Waals surface area contributed by atoms with Crippen molar-refractivity contribution in [2.75, 3.05) is 27.4 Å². The molecule has 0 N–H and O–H groups in total. The summed E-state index contributed by atoms with van der Waals surface area (Å²) in [6.45, 7) is 12.2. The van der Waals surface area contributed by atoms with Crippen LogP contribution in [-0.2, 0) is 20.9 Å². The van der Waals surface area contributed by atoms with Crippen molar-refractivity contribution in [2.45, 2.75) is 72.8 Å². The number of allylic oxidation sites excluding steroid dienone is 4. The first kappa shape index (κ1) is 29.1. The highest BCUT2D eigenvalue weighted by molar-refractivity contribution is 6.06. The van der Waals surface area contributed by atoms with E-state index >= 15 is 0 Å². The van der Waals surface area contributed by atoms with Crippen LogP contribution in [0.1, 0.15) is 76.0 Å². The summed E-state index contributed by atoms with van der Waals surface area (Å²) in [7, 11) is 3.32. The van der Waals surface area contributed by atoms with E-state index in [-0.39, 0.29) is 22.4 Å². The maximum atomic E-state index is 14.0. The first-order chi connectivity index (χ1) is 19.4. The fraction of sp³-hybridized carbons (Fsp3) is 0.486. The van der Waals surface area contributed by atoms with Crippen molar-refractivity contribution in [3.8, 4) is 11.5 Å². The Hall–Kier alpha value is -3.38. The van der Waals surface area contributed by atoms with E-state index < -0.39 is 5.92 Å². The molecule has 0 aromatic heterocycles. The first-order valence-corrected chi connectivity index (χ1v) is 14.6. The van der Waals surface area contributed by atoms with Gasteiger partial charge in [-0.3, -0.25) is 9.59 Å². The number of rotatable bonds is 8.